The second kappa shape index (κ2) is 13.5. The molecule has 12 heteroatoms. The number of thiophene rings is 2. The van der Waals surface area contributed by atoms with Gasteiger partial charge in [0.15, 0.2) is 11.0 Å². The van der Waals surface area contributed by atoms with Crippen LogP contribution in [0.3, 0.4) is 0 Å². The van der Waals surface area contributed by atoms with E-state index in [0.717, 1.165) is 41.7 Å². The minimum Gasteiger partial charge on any atom is -0.462 e. The average molecular weight is 610 g/mol. The Morgan fingerprint density at radius 2 is 1.90 bits per heavy atom. The third-order valence-corrected chi connectivity index (χ3v) is 9.82. The van der Waals surface area contributed by atoms with Gasteiger partial charge in [-0.2, -0.15) is 0 Å². The number of benzene rings is 1. The van der Waals surface area contributed by atoms with Crippen molar-refractivity contribution in [3.8, 4) is 0 Å². The van der Waals surface area contributed by atoms with Gasteiger partial charge in [-0.25, -0.2) is 4.79 Å². The van der Waals surface area contributed by atoms with E-state index in [9.17, 15) is 14.4 Å². The lowest BCUT2D eigenvalue weighted by Crippen LogP contribution is -2.25. The van der Waals surface area contributed by atoms with E-state index in [-0.39, 0.29) is 30.9 Å². The topological polar surface area (TPSA) is 115 Å². The summed E-state index contributed by atoms with van der Waals surface area (Å²) in [6.07, 6.45) is 3.81. The number of nitrogens with one attached hydrogen (secondary N) is 2. The number of nitrogens with zero attached hydrogens (tertiary/aromatic N) is 3. The lowest BCUT2D eigenvalue weighted by molar-refractivity contribution is -0.115. The van der Waals surface area contributed by atoms with Crippen molar-refractivity contribution in [3.05, 3.63) is 80.1 Å². The lowest BCUT2D eigenvalue weighted by atomic mass is 9.95. The van der Waals surface area contributed by atoms with Gasteiger partial charge in [0.2, 0.25) is 5.91 Å². The summed E-state index contributed by atoms with van der Waals surface area (Å²) < 4.78 is 7.25. The number of fused-ring (bicyclic) bond motifs is 1. The fourth-order valence-electron chi connectivity index (χ4n) is 4.61. The predicted molar refractivity (Wildman–Crippen MR) is 162 cm³/mol. The maximum atomic E-state index is 13.4. The second-order valence-corrected chi connectivity index (χ2v) is 12.9. The van der Waals surface area contributed by atoms with Gasteiger partial charge in [-0.3, -0.25) is 9.59 Å². The maximum Gasteiger partial charge on any atom is 0.341 e. The van der Waals surface area contributed by atoms with Crippen LogP contribution in [0.2, 0.25) is 0 Å². The number of aryl methyl sites for hydroxylation is 1. The van der Waals surface area contributed by atoms with E-state index in [1.54, 1.807) is 19.9 Å². The van der Waals surface area contributed by atoms with Crippen molar-refractivity contribution < 1.29 is 19.1 Å². The summed E-state index contributed by atoms with van der Waals surface area (Å²) in [6.45, 7) is 4.54. The molecule has 0 saturated carbocycles. The minimum atomic E-state index is -0.531. The summed E-state index contributed by atoms with van der Waals surface area (Å²) in [5, 5.41) is 17.1. The van der Waals surface area contributed by atoms with Crippen molar-refractivity contribution in [1.82, 2.24) is 20.1 Å². The molecular weight excluding hydrogens is 579 g/mol. The number of amides is 2. The summed E-state index contributed by atoms with van der Waals surface area (Å²) in [5.74, 6) is -0.211. The first-order valence-corrected chi connectivity index (χ1v) is 16.1. The number of hydrogen-bond donors (Lipinski definition) is 2. The van der Waals surface area contributed by atoms with Crippen molar-refractivity contribution in [2.45, 2.75) is 63.0 Å². The van der Waals surface area contributed by atoms with Crippen LogP contribution in [0.25, 0.3) is 0 Å². The van der Waals surface area contributed by atoms with E-state index in [2.05, 4.69) is 20.8 Å². The molecule has 41 heavy (non-hydrogen) atoms. The summed E-state index contributed by atoms with van der Waals surface area (Å²) in [6, 6.07) is 13.5. The van der Waals surface area contributed by atoms with Crippen LogP contribution in [-0.4, -0.2) is 44.4 Å². The van der Waals surface area contributed by atoms with Gasteiger partial charge in [0, 0.05) is 4.88 Å². The van der Waals surface area contributed by atoms with Gasteiger partial charge in [-0.1, -0.05) is 48.2 Å². The highest BCUT2D eigenvalue weighted by Crippen LogP contribution is 2.39. The smallest absolute Gasteiger partial charge is 0.341 e. The van der Waals surface area contributed by atoms with Gasteiger partial charge in [0.05, 0.1) is 35.4 Å². The van der Waals surface area contributed by atoms with E-state index in [4.69, 9.17) is 4.74 Å². The highest BCUT2D eigenvalue weighted by molar-refractivity contribution is 8.00. The maximum absolute atomic E-state index is 13.4. The second-order valence-electron chi connectivity index (χ2n) is 9.52. The quantitative estimate of drug-likeness (QED) is 0.169. The molecule has 1 atom stereocenters. The van der Waals surface area contributed by atoms with Crippen LogP contribution in [0.4, 0.5) is 5.00 Å². The van der Waals surface area contributed by atoms with E-state index >= 15 is 0 Å². The van der Waals surface area contributed by atoms with Crippen LogP contribution in [0.5, 0.6) is 0 Å². The molecule has 0 spiro atoms. The minimum absolute atomic E-state index is 0.174. The number of rotatable bonds is 11. The summed E-state index contributed by atoms with van der Waals surface area (Å²) >= 11 is 4.13. The summed E-state index contributed by atoms with van der Waals surface area (Å²) in [7, 11) is 0. The summed E-state index contributed by atoms with van der Waals surface area (Å²) in [5.41, 5.74) is 2.54. The van der Waals surface area contributed by atoms with Gasteiger partial charge >= 0.3 is 5.97 Å². The number of carbonyl (C=O) groups is 3. The molecule has 5 rings (SSSR count). The Hall–Kier alpha value is -3.48. The number of hydrogen-bond acceptors (Lipinski definition) is 9. The molecule has 4 aromatic rings. The Kier molecular flexibility index (Phi) is 9.53. The zero-order valence-electron chi connectivity index (χ0n) is 22.8. The standard InChI is InChI=1S/C29H31N5O4S3/c1-3-38-28(37)24-20-12-7-8-13-21(20)41-27(24)31-25(35)18(2)40-29-33-32-23(16-30-26(36)22-14-9-15-39-22)34(29)17-19-10-5-4-6-11-19/h4-6,9-11,14-15,18H,3,7-8,12-13,16-17H2,1-2H3,(H,30,36)(H,31,35). The number of ether oxygens (including phenoxy) is 1. The Bertz CT molecular complexity index is 1510. The lowest BCUT2D eigenvalue weighted by Gasteiger charge is -2.15. The van der Waals surface area contributed by atoms with E-state index in [1.165, 1.54) is 34.4 Å². The normalized spacial score (nSPS) is 13.3. The van der Waals surface area contributed by atoms with Crippen LogP contribution in [0.15, 0.2) is 53.0 Å². The Morgan fingerprint density at radius 1 is 1.10 bits per heavy atom. The first kappa shape index (κ1) is 29.0. The van der Waals surface area contributed by atoms with Gasteiger partial charge in [0.25, 0.3) is 5.91 Å². The summed E-state index contributed by atoms with van der Waals surface area (Å²) in [4.78, 5) is 40.5. The molecule has 0 radical (unpaired) electrons. The molecule has 0 saturated heterocycles. The third-order valence-electron chi connectivity index (χ3n) is 6.67. The SMILES string of the molecule is CCOC(=O)c1c(NC(=O)C(C)Sc2nnc(CNC(=O)c3cccs3)n2Cc2ccccc2)sc2c1CCCC2. The van der Waals surface area contributed by atoms with Gasteiger partial charge < -0.3 is 19.9 Å². The Labute approximate surface area is 250 Å². The van der Waals surface area contributed by atoms with E-state index in [0.29, 0.717) is 33.0 Å². The third kappa shape index (κ3) is 6.88. The van der Waals surface area contributed by atoms with Crippen LogP contribution in [0.1, 0.15) is 68.5 Å². The average Bonchev–Trinajstić information content (AvgIpc) is 3.72. The number of anilines is 1. The van der Waals surface area contributed by atoms with Crippen molar-refractivity contribution in [3.63, 3.8) is 0 Å². The number of esters is 1. The van der Waals surface area contributed by atoms with Crippen LogP contribution in [0, 0.1) is 0 Å². The van der Waals surface area contributed by atoms with Crippen molar-refractivity contribution in [2.75, 3.05) is 11.9 Å². The Balaban J connectivity index is 1.33. The van der Waals surface area contributed by atoms with Crippen molar-refractivity contribution >= 4 is 57.2 Å². The largest absolute Gasteiger partial charge is 0.462 e. The molecule has 1 aliphatic carbocycles. The molecule has 1 aliphatic rings. The van der Waals surface area contributed by atoms with E-state index < -0.39 is 5.25 Å². The molecule has 3 heterocycles. The van der Waals surface area contributed by atoms with Crippen molar-refractivity contribution in [2.24, 2.45) is 0 Å². The first-order valence-electron chi connectivity index (χ1n) is 13.5. The van der Waals surface area contributed by atoms with Gasteiger partial charge in [-0.15, -0.1) is 32.9 Å². The fraction of sp³-hybridized carbons (Fsp3) is 0.345. The van der Waals surface area contributed by atoms with Crippen LogP contribution < -0.4 is 10.6 Å². The van der Waals surface area contributed by atoms with Crippen LogP contribution in [-0.2, 0) is 35.5 Å². The zero-order chi connectivity index (χ0) is 28.8. The number of aromatic nitrogens is 3. The molecule has 0 aliphatic heterocycles. The molecule has 214 valence electrons. The first-order chi connectivity index (χ1) is 19.9. The molecular formula is C29H31N5O4S3. The van der Waals surface area contributed by atoms with Crippen molar-refractivity contribution in [1.29, 1.82) is 0 Å². The predicted octanol–water partition coefficient (Wildman–Crippen LogP) is 5.55. The molecule has 1 unspecified atom stereocenters. The molecule has 0 bridgehead atoms. The Morgan fingerprint density at radius 3 is 2.66 bits per heavy atom. The molecule has 0 fully saturated rings. The molecule has 1 aromatic carbocycles. The monoisotopic (exact) mass is 609 g/mol. The highest BCUT2D eigenvalue weighted by Gasteiger charge is 2.29. The number of carbonyl (C=O) groups excluding carboxylic acids is 3. The molecule has 2 amide bonds. The van der Waals surface area contributed by atoms with Crippen LogP contribution >= 0.6 is 34.4 Å². The molecule has 3 aromatic heterocycles. The molecule has 9 nitrogen and oxygen atoms in total. The highest BCUT2D eigenvalue weighted by atomic mass is 32.2. The number of thioether (sulfide) groups is 1. The van der Waals surface area contributed by atoms with Gasteiger partial charge in [-0.05, 0) is 62.1 Å². The van der Waals surface area contributed by atoms with E-state index in [1.807, 2.05) is 46.3 Å². The fourth-order valence-corrected chi connectivity index (χ4v) is 7.40. The molecule has 2 N–H and O–H groups in total. The van der Waals surface area contributed by atoms with Gasteiger partial charge in [0.1, 0.15) is 5.00 Å². The zero-order valence-corrected chi connectivity index (χ0v) is 25.3.